The van der Waals surface area contributed by atoms with Crippen molar-refractivity contribution in [2.45, 2.75) is 25.2 Å². The standard InChI is InChI=1S/C11H12N2O2/c14-11(15)10-6-3-5-7(4-1-2-4)8(5)9(6)12-13-10/h4-5,7-8H,1-3H2,(H,12,13)(H,14,15)/t5-,7+,8-/m0/s1. The number of hydrogen-bond donors (Lipinski definition) is 2. The highest BCUT2D eigenvalue weighted by atomic mass is 16.4. The normalized spacial score (nSPS) is 36.1. The lowest BCUT2D eigenvalue weighted by Crippen LogP contribution is -2.02. The fraction of sp³-hybridized carbons (Fsp3) is 0.636. The molecule has 0 aliphatic heterocycles. The lowest BCUT2D eigenvalue weighted by atomic mass is 10.0. The number of nitrogens with one attached hydrogen (secondary N) is 1. The molecule has 0 unspecified atom stereocenters. The zero-order valence-corrected chi connectivity index (χ0v) is 8.23. The number of fused-ring (bicyclic) bond motifs is 3. The van der Waals surface area contributed by atoms with Crippen LogP contribution >= 0.6 is 0 Å². The molecule has 0 amide bonds. The maximum atomic E-state index is 10.9. The van der Waals surface area contributed by atoms with Gasteiger partial charge in [0.15, 0.2) is 5.69 Å². The summed E-state index contributed by atoms with van der Waals surface area (Å²) in [6.45, 7) is 0. The van der Waals surface area contributed by atoms with Crippen LogP contribution in [0.25, 0.3) is 0 Å². The molecule has 15 heavy (non-hydrogen) atoms. The second kappa shape index (κ2) is 2.26. The van der Waals surface area contributed by atoms with Gasteiger partial charge in [0.2, 0.25) is 0 Å². The van der Waals surface area contributed by atoms with Gasteiger partial charge in [-0.2, -0.15) is 5.10 Å². The van der Waals surface area contributed by atoms with E-state index in [0.29, 0.717) is 5.92 Å². The van der Waals surface area contributed by atoms with Gasteiger partial charge >= 0.3 is 5.97 Å². The fourth-order valence-corrected chi connectivity index (χ4v) is 3.47. The average molecular weight is 204 g/mol. The number of nitrogens with zero attached hydrogens (tertiary/aromatic N) is 1. The summed E-state index contributed by atoms with van der Waals surface area (Å²) < 4.78 is 0. The first-order valence-electron chi connectivity index (χ1n) is 5.58. The van der Waals surface area contributed by atoms with E-state index in [1.54, 1.807) is 0 Å². The molecular weight excluding hydrogens is 192 g/mol. The van der Waals surface area contributed by atoms with Gasteiger partial charge in [-0.25, -0.2) is 4.79 Å². The van der Waals surface area contributed by atoms with Crippen LogP contribution in [-0.4, -0.2) is 21.3 Å². The third-order valence-electron chi connectivity index (χ3n) is 4.27. The molecule has 0 radical (unpaired) electrons. The third kappa shape index (κ3) is 0.874. The number of rotatable bonds is 2. The maximum absolute atomic E-state index is 10.9. The van der Waals surface area contributed by atoms with Crippen LogP contribution < -0.4 is 0 Å². The van der Waals surface area contributed by atoms with Crippen molar-refractivity contribution in [2.24, 2.45) is 17.8 Å². The van der Waals surface area contributed by atoms with E-state index < -0.39 is 5.97 Å². The quantitative estimate of drug-likeness (QED) is 0.765. The summed E-state index contributed by atoms with van der Waals surface area (Å²) in [6.07, 6.45) is 3.71. The van der Waals surface area contributed by atoms with Crippen molar-refractivity contribution in [3.8, 4) is 0 Å². The van der Waals surface area contributed by atoms with Crippen LogP contribution in [0.1, 0.15) is 40.5 Å². The van der Waals surface area contributed by atoms with Gasteiger partial charge in [-0.3, -0.25) is 5.10 Å². The van der Waals surface area contributed by atoms with Crippen LogP contribution in [0.4, 0.5) is 0 Å². The number of hydrogen-bond acceptors (Lipinski definition) is 2. The van der Waals surface area contributed by atoms with E-state index in [1.165, 1.54) is 12.8 Å². The number of aromatic carboxylic acids is 1. The average Bonchev–Trinajstić information content (AvgIpc) is 3.03. The number of carbonyl (C=O) groups is 1. The lowest BCUT2D eigenvalue weighted by molar-refractivity contribution is 0.0689. The predicted octanol–water partition coefficient (Wildman–Crippen LogP) is 1.40. The molecule has 1 heterocycles. The Morgan fingerprint density at radius 3 is 2.93 bits per heavy atom. The molecule has 0 bridgehead atoms. The number of aromatic amines is 1. The number of carboxylic acid groups (broad SMARTS) is 1. The summed E-state index contributed by atoms with van der Waals surface area (Å²) >= 11 is 0. The number of carboxylic acids is 1. The van der Waals surface area contributed by atoms with E-state index >= 15 is 0 Å². The zero-order chi connectivity index (χ0) is 10.2. The van der Waals surface area contributed by atoms with Crippen LogP contribution in [0, 0.1) is 17.8 Å². The van der Waals surface area contributed by atoms with Gasteiger partial charge in [0.05, 0.1) is 0 Å². The summed E-state index contributed by atoms with van der Waals surface area (Å²) in [6, 6.07) is 0. The van der Waals surface area contributed by atoms with Crippen molar-refractivity contribution in [3.05, 3.63) is 17.0 Å². The van der Waals surface area contributed by atoms with E-state index in [4.69, 9.17) is 5.11 Å². The Kier molecular flexibility index (Phi) is 1.19. The predicted molar refractivity (Wildman–Crippen MR) is 51.7 cm³/mol. The van der Waals surface area contributed by atoms with E-state index in [9.17, 15) is 4.79 Å². The van der Waals surface area contributed by atoms with Crippen LogP contribution in [0.3, 0.4) is 0 Å². The van der Waals surface area contributed by atoms with Crippen LogP contribution in [0.5, 0.6) is 0 Å². The van der Waals surface area contributed by atoms with Gasteiger partial charge < -0.3 is 5.11 Å². The molecule has 0 saturated heterocycles. The minimum absolute atomic E-state index is 0.256. The number of aromatic nitrogens is 2. The van der Waals surface area contributed by atoms with Crippen molar-refractivity contribution >= 4 is 5.97 Å². The molecule has 2 fully saturated rings. The summed E-state index contributed by atoms with van der Waals surface area (Å²) in [5, 5.41) is 15.8. The molecule has 4 rings (SSSR count). The Balaban J connectivity index is 1.71. The molecule has 3 aliphatic carbocycles. The minimum atomic E-state index is -0.892. The first kappa shape index (κ1) is 7.91. The third-order valence-corrected chi connectivity index (χ3v) is 4.27. The second-order valence-electron chi connectivity index (χ2n) is 5.08. The van der Waals surface area contributed by atoms with Gasteiger partial charge in [-0.15, -0.1) is 0 Å². The molecule has 1 aromatic rings. The van der Waals surface area contributed by atoms with Crippen molar-refractivity contribution < 1.29 is 9.90 Å². The van der Waals surface area contributed by atoms with Crippen LogP contribution in [0.15, 0.2) is 0 Å². The van der Waals surface area contributed by atoms with E-state index in [0.717, 1.165) is 35.4 Å². The Bertz CT molecular complexity index is 461. The molecule has 78 valence electrons. The molecule has 2 N–H and O–H groups in total. The summed E-state index contributed by atoms with van der Waals surface area (Å²) in [5.41, 5.74) is 2.37. The van der Waals surface area contributed by atoms with Gasteiger partial charge in [-0.05, 0) is 37.0 Å². The van der Waals surface area contributed by atoms with Crippen molar-refractivity contribution in [2.75, 3.05) is 0 Å². The van der Waals surface area contributed by atoms with Gasteiger partial charge in [-0.1, -0.05) is 0 Å². The molecular formula is C11H12N2O2. The van der Waals surface area contributed by atoms with Crippen molar-refractivity contribution in [3.63, 3.8) is 0 Å². The fourth-order valence-electron chi connectivity index (χ4n) is 3.47. The SMILES string of the molecule is O=C(O)c1n[nH]c2c1C[C@@H]1[C@H]2[C@@H]1C1CC1. The molecule has 1 aromatic heterocycles. The Morgan fingerprint density at radius 2 is 2.27 bits per heavy atom. The molecule has 0 aromatic carbocycles. The lowest BCUT2D eigenvalue weighted by Gasteiger charge is -2.00. The monoisotopic (exact) mass is 204 g/mol. The first-order chi connectivity index (χ1) is 7.27. The smallest absolute Gasteiger partial charge is 0.356 e. The summed E-state index contributed by atoms with van der Waals surface area (Å²) in [4.78, 5) is 10.9. The van der Waals surface area contributed by atoms with Gasteiger partial charge in [0, 0.05) is 17.2 Å². The van der Waals surface area contributed by atoms with Gasteiger partial charge in [0.25, 0.3) is 0 Å². The topological polar surface area (TPSA) is 66.0 Å². The largest absolute Gasteiger partial charge is 0.476 e. The van der Waals surface area contributed by atoms with Crippen LogP contribution in [-0.2, 0) is 6.42 Å². The van der Waals surface area contributed by atoms with E-state index in [2.05, 4.69) is 10.2 Å². The highest BCUT2D eigenvalue weighted by molar-refractivity contribution is 5.87. The minimum Gasteiger partial charge on any atom is -0.476 e. The molecule has 3 aliphatic rings. The van der Waals surface area contributed by atoms with E-state index in [-0.39, 0.29) is 5.69 Å². The Morgan fingerprint density at radius 1 is 1.47 bits per heavy atom. The Hall–Kier alpha value is -1.32. The molecule has 4 heteroatoms. The van der Waals surface area contributed by atoms with Crippen LogP contribution in [0.2, 0.25) is 0 Å². The van der Waals surface area contributed by atoms with Crippen molar-refractivity contribution in [1.29, 1.82) is 0 Å². The van der Waals surface area contributed by atoms with E-state index in [1.807, 2.05) is 0 Å². The molecule has 0 spiro atoms. The number of H-pyrrole nitrogens is 1. The molecule has 4 nitrogen and oxygen atoms in total. The molecule has 3 atom stereocenters. The Labute approximate surface area is 86.7 Å². The first-order valence-corrected chi connectivity index (χ1v) is 5.58. The highest BCUT2D eigenvalue weighted by Gasteiger charge is 2.62. The second-order valence-corrected chi connectivity index (χ2v) is 5.08. The summed E-state index contributed by atoms with van der Waals surface area (Å²) in [7, 11) is 0. The van der Waals surface area contributed by atoms with Gasteiger partial charge in [0.1, 0.15) is 0 Å². The highest BCUT2D eigenvalue weighted by Crippen LogP contribution is 2.68. The zero-order valence-electron chi connectivity index (χ0n) is 8.23. The molecule has 2 saturated carbocycles. The maximum Gasteiger partial charge on any atom is 0.356 e. The summed E-state index contributed by atoms with van der Waals surface area (Å²) in [5.74, 6) is 2.24. The van der Waals surface area contributed by atoms with Crippen molar-refractivity contribution in [1.82, 2.24) is 10.2 Å².